The molecule has 1 aliphatic heterocycles. The smallest absolute Gasteiger partial charge is 0.246 e. The van der Waals surface area contributed by atoms with Crippen LogP contribution in [0.2, 0.25) is 0 Å². The first-order valence-electron chi connectivity index (χ1n) is 36.2. The van der Waals surface area contributed by atoms with Gasteiger partial charge < -0.3 is 74.8 Å². The van der Waals surface area contributed by atoms with Crippen molar-refractivity contribution in [2.24, 2.45) is 40.7 Å². The van der Waals surface area contributed by atoms with Crippen LogP contribution >= 0.6 is 0 Å². The van der Waals surface area contributed by atoms with Crippen molar-refractivity contribution < 1.29 is 71.9 Å². The van der Waals surface area contributed by atoms with Crippen LogP contribution in [0.25, 0.3) is 11.5 Å². The summed E-state index contributed by atoms with van der Waals surface area (Å²) in [6.07, 6.45) is 7.02. The molecule has 2 aromatic heterocycles. The van der Waals surface area contributed by atoms with Crippen LogP contribution in [0.5, 0.6) is 0 Å². The lowest BCUT2D eigenvalue weighted by Gasteiger charge is -2.41. The Bertz CT molecular complexity index is 3180. The molecule has 29 nitrogen and oxygen atoms in total. The molecule has 3 heterocycles. The molecule has 3 rings (SSSR count). The fourth-order valence-corrected chi connectivity index (χ4v) is 12.4. The van der Waals surface area contributed by atoms with Crippen LogP contribution < -0.4 is 21.3 Å². The fourth-order valence-electron chi connectivity index (χ4n) is 12.4. The number of nitrogens with zero attached hydrogens (tertiary/aromatic N) is 10. The van der Waals surface area contributed by atoms with Crippen molar-refractivity contribution in [2.75, 3.05) is 55.9 Å². The predicted octanol–water partition coefficient (Wildman–Crippen LogP) is 5.05. The number of aliphatic hydroxyl groups excluding tert-OH is 1. The monoisotopic (exact) mass is 1450 g/mol. The molecule has 0 bridgehead atoms. The number of amides is 11. The fraction of sp³-hybridized carbons (Fsp3) is 0.703. The summed E-state index contributed by atoms with van der Waals surface area (Å²) in [5, 5.41) is 31.1. The molecule has 11 amide bonds. The van der Waals surface area contributed by atoms with Crippen molar-refractivity contribution in [3.05, 3.63) is 48.3 Å². The number of carbonyl (C=O) groups is 11. The molecule has 103 heavy (non-hydrogen) atoms. The van der Waals surface area contributed by atoms with Crippen LogP contribution in [0, 0.1) is 35.5 Å². The third-order valence-corrected chi connectivity index (χ3v) is 19.0. The Kier molecular flexibility index (Phi) is 36.1. The molecule has 0 saturated carbocycles. The molecule has 1 fully saturated rings. The Morgan fingerprint density at radius 2 is 1.11 bits per heavy atom. The number of hydrogen-bond acceptors (Lipinski definition) is 18. The second-order valence-electron chi connectivity index (χ2n) is 29.5. The number of aromatic nitrogens is 2. The Morgan fingerprint density at radius 3 is 1.63 bits per heavy atom. The average Bonchev–Trinajstić information content (AvgIpc) is 0.986. The number of rotatable bonds is 23. The summed E-state index contributed by atoms with van der Waals surface area (Å²) in [5.74, 6) is -9.93. The van der Waals surface area contributed by atoms with Gasteiger partial charge in [0.2, 0.25) is 65.0 Å². The van der Waals surface area contributed by atoms with E-state index in [0.29, 0.717) is 24.3 Å². The molecule has 578 valence electrons. The van der Waals surface area contributed by atoms with Crippen molar-refractivity contribution >= 4 is 71.2 Å². The van der Waals surface area contributed by atoms with Crippen LogP contribution in [-0.4, -0.2) is 255 Å². The van der Waals surface area contributed by atoms with Gasteiger partial charge in [-0.05, 0) is 121 Å². The summed E-state index contributed by atoms with van der Waals surface area (Å²) in [6, 6.07) is -9.24. The third-order valence-electron chi connectivity index (χ3n) is 19.0. The minimum absolute atomic E-state index is 0.0349. The molecule has 29 heteroatoms. The van der Waals surface area contributed by atoms with Gasteiger partial charge in [0.25, 0.3) is 0 Å². The standard InChI is InChI=1S/C74H122N14O15/c1-25-27-30-47(13)63(89)62-67(93)80-53(26-2)70(96)82(18)50(16)69(95)87(23)61(51(17)101-36-29-28-34-76-102-41-52-31-32-54(75-40-52)58-33-35-77-103-58)66(92)81-59(45(9)10)73(99)83(19)55(37-42(3)4)65(91)78-48(14)64(90)79-49(15)68(94)84(20)56(38-43(5)6)71(97)85(21)57(39-44(7)8)72(98)86(22)60(46(11)12)74(100)88(62)24/h25,27,31-35,40,42-51,53,55-57,59-63,89H,26,28-30,36-39,41H2,1-24H3,(H,78,91)(H,79,90)(H,80,93)(H,81,92)/b27-25+,76-34+/t47-,48+,49+,50-,51-,53+,55-,56+,57-,59+,60+,61+,62+,63-/m1/s1. The number of carbonyl (C=O) groups excluding carboxylic acids is 11. The Balaban J connectivity index is 2.25. The number of allylic oxidation sites excluding steroid dienone is 2. The van der Waals surface area contributed by atoms with E-state index in [1.54, 1.807) is 92.1 Å². The van der Waals surface area contributed by atoms with E-state index < -0.39 is 161 Å². The molecule has 0 spiro atoms. The molecule has 2 aromatic rings. The maximum absolute atomic E-state index is 15.3. The molecule has 0 unspecified atom stereocenters. The van der Waals surface area contributed by atoms with E-state index in [0.717, 1.165) is 20.3 Å². The number of aliphatic hydroxyl groups is 1. The highest BCUT2D eigenvalue weighted by molar-refractivity contribution is 6.00. The molecular formula is C74H122N14O15. The van der Waals surface area contributed by atoms with Gasteiger partial charge in [0.15, 0.2) is 5.76 Å². The number of ether oxygens (including phenoxy) is 1. The topological polar surface area (TPSA) is 349 Å². The molecule has 0 aromatic carbocycles. The first kappa shape index (κ1) is 88.9. The van der Waals surface area contributed by atoms with E-state index in [1.165, 1.54) is 95.9 Å². The van der Waals surface area contributed by atoms with Crippen molar-refractivity contribution in [3.8, 4) is 11.5 Å². The number of hydrogen-bond donors (Lipinski definition) is 5. The van der Waals surface area contributed by atoms with Gasteiger partial charge in [-0.3, -0.25) is 57.7 Å². The second-order valence-corrected chi connectivity index (χ2v) is 29.5. The van der Waals surface area contributed by atoms with Crippen molar-refractivity contribution in [2.45, 2.75) is 248 Å². The summed E-state index contributed by atoms with van der Waals surface area (Å²) in [6.45, 7) is 29.2. The predicted molar refractivity (Wildman–Crippen MR) is 391 cm³/mol. The lowest BCUT2D eigenvalue weighted by atomic mass is 9.91. The number of unbranched alkanes of at least 4 members (excludes halogenated alkanes) is 1. The van der Waals surface area contributed by atoms with E-state index in [-0.39, 0.29) is 63.1 Å². The normalized spacial score (nSPS) is 25.3. The van der Waals surface area contributed by atoms with Gasteiger partial charge in [0, 0.05) is 80.0 Å². The minimum Gasteiger partial charge on any atom is -0.391 e. The number of oxime groups is 1. The first-order valence-corrected chi connectivity index (χ1v) is 36.2. The highest BCUT2D eigenvalue weighted by Crippen LogP contribution is 2.27. The quantitative estimate of drug-likeness (QED) is 0.0420. The van der Waals surface area contributed by atoms with Gasteiger partial charge >= 0.3 is 0 Å². The van der Waals surface area contributed by atoms with Gasteiger partial charge in [-0.2, -0.15) is 0 Å². The third kappa shape index (κ3) is 24.9. The van der Waals surface area contributed by atoms with Crippen molar-refractivity contribution in [3.63, 3.8) is 0 Å². The lowest BCUT2D eigenvalue weighted by molar-refractivity contribution is -0.157. The van der Waals surface area contributed by atoms with E-state index in [2.05, 4.69) is 36.6 Å². The minimum atomic E-state index is -1.66. The van der Waals surface area contributed by atoms with Crippen LogP contribution in [0.4, 0.5) is 0 Å². The molecule has 1 aliphatic rings. The van der Waals surface area contributed by atoms with Crippen molar-refractivity contribution in [1.82, 2.24) is 65.7 Å². The molecule has 14 atom stereocenters. The molecule has 0 radical (unpaired) electrons. The van der Waals surface area contributed by atoms with Gasteiger partial charge in [-0.25, -0.2) is 0 Å². The Labute approximate surface area is 610 Å². The van der Waals surface area contributed by atoms with Gasteiger partial charge in [0.05, 0.1) is 18.4 Å². The first-order chi connectivity index (χ1) is 48.2. The van der Waals surface area contributed by atoms with E-state index in [4.69, 9.17) is 14.1 Å². The van der Waals surface area contributed by atoms with E-state index in [9.17, 15) is 29.1 Å². The molecule has 1 saturated heterocycles. The highest BCUT2D eigenvalue weighted by atomic mass is 16.6. The zero-order valence-corrected chi connectivity index (χ0v) is 65.6. The molecule has 0 aliphatic carbocycles. The van der Waals surface area contributed by atoms with E-state index in [1.807, 2.05) is 47.6 Å². The van der Waals surface area contributed by atoms with Crippen LogP contribution in [-0.2, 0) is 68.9 Å². The van der Waals surface area contributed by atoms with Gasteiger partial charge in [-0.1, -0.05) is 112 Å². The zero-order valence-electron chi connectivity index (χ0n) is 65.6. The summed E-state index contributed by atoms with van der Waals surface area (Å²) in [4.78, 5) is 182. The van der Waals surface area contributed by atoms with Crippen LogP contribution in [0.15, 0.2) is 52.4 Å². The van der Waals surface area contributed by atoms with Crippen molar-refractivity contribution in [1.29, 1.82) is 0 Å². The number of likely N-dealkylation sites (N-methyl/N-ethyl adjacent to an activating group) is 7. The van der Waals surface area contributed by atoms with Gasteiger partial charge in [-0.15, -0.1) is 0 Å². The van der Waals surface area contributed by atoms with Crippen LogP contribution in [0.3, 0.4) is 0 Å². The maximum atomic E-state index is 15.3. The lowest BCUT2D eigenvalue weighted by Crippen LogP contribution is -2.64. The van der Waals surface area contributed by atoms with E-state index >= 15 is 28.8 Å². The maximum Gasteiger partial charge on any atom is 0.246 e. The van der Waals surface area contributed by atoms with Crippen LogP contribution in [0.1, 0.15) is 168 Å². The molecular weight excluding hydrogens is 1320 g/mol. The highest BCUT2D eigenvalue weighted by Gasteiger charge is 2.47. The average molecular weight is 1450 g/mol. The summed E-state index contributed by atoms with van der Waals surface area (Å²) >= 11 is 0. The zero-order chi connectivity index (χ0) is 78.2. The Hall–Kier alpha value is -8.34. The number of nitrogens with one attached hydrogen (secondary N) is 4. The molecule has 5 N–H and O–H groups in total. The summed E-state index contributed by atoms with van der Waals surface area (Å²) < 4.78 is 11.5. The van der Waals surface area contributed by atoms with Gasteiger partial charge in [0.1, 0.15) is 78.8 Å². The SMILES string of the molecule is C/C=C/C[C@@H](C)[C@@H](O)[C@H]1C(=O)N[C@@H](CC)C(=O)N(C)[C@H](C)C(=O)N(C)[C@@H]([C@@H](C)OCCC/C=N/OCc2ccc(-c3ccno3)nc2)C(=O)N[C@@H](C(C)C)C(=O)N(C)[C@H](CC(C)C)C(=O)N[C@@H](C)C(=O)N[C@@H](C)C(=O)N(C)[C@@H](CC(C)C)C(=O)N(C)[C@H](CC(C)C)C(=O)N(C)[C@@H](C(C)C)C(=O)N1C. The Morgan fingerprint density at radius 1 is 0.573 bits per heavy atom. The number of pyridine rings is 1. The second kappa shape index (κ2) is 41.8. The summed E-state index contributed by atoms with van der Waals surface area (Å²) in [5.41, 5.74) is 1.35. The summed E-state index contributed by atoms with van der Waals surface area (Å²) in [7, 11) is 9.78. The largest absolute Gasteiger partial charge is 0.391 e.